The lowest BCUT2D eigenvalue weighted by molar-refractivity contribution is -0.140. The summed E-state index contributed by atoms with van der Waals surface area (Å²) >= 11 is 0. The largest absolute Gasteiger partial charge is 0.480 e. The predicted octanol–water partition coefficient (Wildman–Crippen LogP) is 0.498. The summed E-state index contributed by atoms with van der Waals surface area (Å²) in [5.41, 5.74) is 0. The third kappa shape index (κ3) is 4.34. The number of nitrogens with one attached hydrogen (secondary N) is 2. The molecule has 2 fully saturated rings. The van der Waals surface area contributed by atoms with Crippen molar-refractivity contribution in [2.24, 2.45) is 5.92 Å². The number of aliphatic carboxylic acids is 1. The maximum Gasteiger partial charge on any atom is 0.320 e. The van der Waals surface area contributed by atoms with Crippen LogP contribution in [0.4, 0.5) is 0 Å². The Kier molecular flexibility index (Phi) is 3.99. The van der Waals surface area contributed by atoms with Crippen LogP contribution in [0.15, 0.2) is 0 Å². The molecule has 0 heterocycles. The molecule has 2 rings (SSSR count). The number of hydrogen-bond acceptors (Lipinski definition) is 3. The fourth-order valence-electron chi connectivity index (χ4n) is 1.92. The Bertz CT molecular complexity index is 298. The molecule has 5 heteroatoms. The van der Waals surface area contributed by atoms with Gasteiger partial charge in [0.15, 0.2) is 0 Å². The zero-order chi connectivity index (χ0) is 12.3. The number of carbonyl (C=O) groups excluding carboxylic acids is 1. The number of carboxylic acid groups (broad SMARTS) is 1. The molecule has 1 unspecified atom stereocenters. The van der Waals surface area contributed by atoms with E-state index in [0.717, 1.165) is 25.7 Å². The normalized spacial score (nSPS) is 20.9. The zero-order valence-corrected chi connectivity index (χ0v) is 9.95. The van der Waals surface area contributed by atoms with Crippen molar-refractivity contribution in [1.82, 2.24) is 10.6 Å². The Hall–Kier alpha value is -1.10. The van der Waals surface area contributed by atoms with E-state index in [-0.39, 0.29) is 5.91 Å². The van der Waals surface area contributed by atoms with Gasteiger partial charge in [0.05, 0.1) is 0 Å². The molecule has 1 amide bonds. The third-order valence-electron chi connectivity index (χ3n) is 3.25. The molecule has 0 aromatic heterocycles. The number of carbonyl (C=O) groups is 2. The van der Waals surface area contributed by atoms with Crippen molar-refractivity contribution in [3.8, 4) is 0 Å². The van der Waals surface area contributed by atoms with Crippen molar-refractivity contribution in [2.75, 3.05) is 6.54 Å². The second-order valence-electron chi connectivity index (χ2n) is 5.05. The van der Waals surface area contributed by atoms with E-state index in [1.54, 1.807) is 0 Å². The Morgan fingerprint density at radius 1 is 1.24 bits per heavy atom. The van der Waals surface area contributed by atoms with E-state index in [4.69, 9.17) is 5.11 Å². The summed E-state index contributed by atoms with van der Waals surface area (Å²) in [6, 6.07) is -0.00446. The lowest BCUT2D eigenvalue weighted by Crippen LogP contribution is -2.39. The molecule has 0 aliphatic heterocycles. The summed E-state index contributed by atoms with van der Waals surface area (Å²) < 4.78 is 0. The molecule has 17 heavy (non-hydrogen) atoms. The Morgan fingerprint density at radius 3 is 2.47 bits per heavy atom. The quantitative estimate of drug-likeness (QED) is 0.540. The highest BCUT2D eigenvalue weighted by atomic mass is 16.4. The molecule has 3 N–H and O–H groups in total. The van der Waals surface area contributed by atoms with Gasteiger partial charge < -0.3 is 15.7 Å². The van der Waals surface area contributed by atoms with E-state index >= 15 is 0 Å². The van der Waals surface area contributed by atoms with Gasteiger partial charge in [0.2, 0.25) is 5.91 Å². The average Bonchev–Trinajstić information content (AvgIpc) is 3.10. The van der Waals surface area contributed by atoms with Gasteiger partial charge in [-0.15, -0.1) is 0 Å². The van der Waals surface area contributed by atoms with E-state index in [2.05, 4.69) is 10.6 Å². The van der Waals surface area contributed by atoms with E-state index in [1.165, 1.54) is 0 Å². The fourth-order valence-corrected chi connectivity index (χ4v) is 1.92. The summed E-state index contributed by atoms with van der Waals surface area (Å²) in [6.07, 6.45) is 5.41. The minimum atomic E-state index is -0.769. The van der Waals surface area contributed by atoms with Crippen LogP contribution in [0.1, 0.15) is 38.5 Å². The van der Waals surface area contributed by atoms with Crippen LogP contribution in [0.25, 0.3) is 0 Å². The predicted molar refractivity (Wildman–Crippen MR) is 62.5 cm³/mol. The van der Waals surface area contributed by atoms with Crippen molar-refractivity contribution in [3.63, 3.8) is 0 Å². The first-order valence-corrected chi connectivity index (χ1v) is 6.42. The second kappa shape index (κ2) is 5.49. The number of rotatable bonds is 8. The van der Waals surface area contributed by atoms with Gasteiger partial charge in [0.25, 0.3) is 0 Å². The summed E-state index contributed by atoms with van der Waals surface area (Å²) in [6.45, 7) is 0.603. The topological polar surface area (TPSA) is 78.4 Å². The Morgan fingerprint density at radius 2 is 1.94 bits per heavy atom. The van der Waals surface area contributed by atoms with Gasteiger partial charge in [-0.3, -0.25) is 9.59 Å². The van der Waals surface area contributed by atoms with Gasteiger partial charge in [0, 0.05) is 12.5 Å². The van der Waals surface area contributed by atoms with Crippen LogP contribution in [0.3, 0.4) is 0 Å². The van der Waals surface area contributed by atoms with Crippen LogP contribution >= 0.6 is 0 Å². The average molecular weight is 240 g/mol. The van der Waals surface area contributed by atoms with Crippen LogP contribution in [-0.4, -0.2) is 35.6 Å². The number of hydrogen-bond donors (Lipinski definition) is 3. The van der Waals surface area contributed by atoms with Crippen LogP contribution in [-0.2, 0) is 9.59 Å². The third-order valence-corrected chi connectivity index (χ3v) is 3.25. The summed E-state index contributed by atoms with van der Waals surface area (Å²) in [5, 5.41) is 14.9. The molecule has 1 atom stereocenters. The Balaban J connectivity index is 1.54. The number of carboxylic acids is 1. The van der Waals surface area contributed by atoms with Crippen molar-refractivity contribution >= 4 is 11.9 Å². The van der Waals surface area contributed by atoms with Crippen LogP contribution < -0.4 is 10.6 Å². The minimum Gasteiger partial charge on any atom is -0.480 e. The lowest BCUT2D eigenvalue weighted by atomic mass is 10.2. The van der Waals surface area contributed by atoms with Crippen LogP contribution in [0.2, 0.25) is 0 Å². The minimum absolute atomic E-state index is 0.0904. The first-order chi connectivity index (χ1) is 8.16. The molecular weight excluding hydrogens is 220 g/mol. The van der Waals surface area contributed by atoms with Crippen molar-refractivity contribution < 1.29 is 14.7 Å². The molecule has 0 saturated heterocycles. The zero-order valence-electron chi connectivity index (χ0n) is 9.95. The van der Waals surface area contributed by atoms with Gasteiger partial charge >= 0.3 is 5.97 Å². The standard InChI is InChI=1S/C12H20N2O3/c15-10(14-9-5-6-9)2-1-7-13-11(12(16)17)8-3-4-8/h8-9,11,13H,1-7H2,(H,14,15)(H,16,17). The highest BCUT2D eigenvalue weighted by molar-refractivity contribution is 5.76. The first kappa shape index (κ1) is 12.4. The first-order valence-electron chi connectivity index (χ1n) is 6.42. The maximum atomic E-state index is 11.4. The van der Waals surface area contributed by atoms with E-state index in [0.29, 0.717) is 31.3 Å². The molecule has 2 aliphatic rings. The highest BCUT2D eigenvalue weighted by Gasteiger charge is 2.35. The molecule has 0 radical (unpaired) electrons. The molecule has 0 aromatic rings. The van der Waals surface area contributed by atoms with Crippen LogP contribution in [0, 0.1) is 5.92 Å². The lowest BCUT2D eigenvalue weighted by Gasteiger charge is -2.13. The van der Waals surface area contributed by atoms with E-state index in [1.807, 2.05) is 0 Å². The molecule has 0 bridgehead atoms. The van der Waals surface area contributed by atoms with Gasteiger partial charge in [-0.2, -0.15) is 0 Å². The van der Waals surface area contributed by atoms with Gasteiger partial charge in [-0.1, -0.05) is 0 Å². The van der Waals surface area contributed by atoms with Crippen molar-refractivity contribution in [3.05, 3.63) is 0 Å². The van der Waals surface area contributed by atoms with E-state index < -0.39 is 12.0 Å². The SMILES string of the molecule is O=C(CCCNC(C(=O)O)C1CC1)NC1CC1. The highest BCUT2D eigenvalue weighted by Crippen LogP contribution is 2.32. The van der Waals surface area contributed by atoms with Crippen molar-refractivity contribution in [2.45, 2.75) is 50.6 Å². The fraction of sp³-hybridized carbons (Fsp3) is 0.833. The molecule has 0 aromatic carbocycles. The van der Waals surface area contributed by atoms with Crippen molar-refractivity contribution in [1.29, 1.82) is 0 Å². The Labute approximate surface area is 101 Å². The molecular formula is C12H20N2O3. The maximum absolute atomic E-state index is 11.4. The summed E-state index contributed by atoms with van der Waals surface area (Å²) in [5.74, 6) is -0.379. The van der Waals surface area contributed by atoms with E-state index in [9.17, 15) is 9.59 Å². The molecule has 2 saturated carbocycles. The van der Waals surface area contributed by atoms with Gasteiger partial charge in [-0.25, -0.2) is 0 Å². The second-order valence-corrected chi connectivity index (χ2v) is 5.05. The summed E-state index contributed by atoms with van der Waals surface area (Å²) in [4.78, 5) is 22.3. The molecule has 0 spiro atoms. The molecule has 2 aliphatic carbocycles. The van der Waals surface area contributed by atoms with Crippen LogP contribution in [0.5, 0.6) is 0 Å². The monoisotopic (exact) mass is 240 g/mol. The molecule has 96 valence electrons. The van der Waals surface area contributed by atoms with Gasteiger partial charge in [0.1, 0.15) is 6.04 Å². The molecule has 5 nitrogen and oxygen atoms in total. The number of amides is 1. The smallest absolute Gasteiger partial charge is 0.320 e. The summed E-state index contributed by atoms with van der Waals surface area (Å²) in [7, 11) is 0. The van der Waals surface area contributed by atoms with Gasteiger partial charge in [-0.05, 0) is 44.6 Å².